The molecule has 27 heavy (non-hydrogen) atoms. The molecule has 0 aliphatic rings. The van der Waals surface area contributed by atoms with Crippen LogP contribution in [0.25, 0.3) is 11.4 Å². The molecule has 3 aromatic rings. The van der Waals surface area contributed by atoms with E-state index in [4.69, 9.17) is 21.7 Å². The van der Waals surface area contributed by atoms with E-state index < -0.39 is 0 Å². The van der Waals surface area contributed by atoms with Crippen LogP contribution >= 0.6 is 12.2 Å². The van der Waals surface area contributed by atoms with E-state index in [0.717, 1.165) is 29.0 Å². The Morgan fingerprint density at radius 2 is 1.93 bits per heavy atom. The fourth-order valence-corrected chi connectivity index (χ4v) is 2.65. The zero-order chi connectivity index (χ0) is 19.1. The predicted molar refractivity (Wildman–Crippen MR) is 109 cm³/mol. The van der Waals surface area contributed by atoms with E-state index in [1.165, 1.54) is 0 Å². The summed E-state index contributed by atoms with van der Waals surface area (Å²) in [6.07, 6.45) is 2.72. The number of benzene rings is 2. The summed E-state index contributed by atoms with van der Waals surface area (Å²) in [4.78, 5) is 0. The molecule has 0 atom stereocenters. The van der Waals surface area contributed by atoms with Crippen LogP contribution in [0.5, 0.6) is 11.5 Å². The number of H-pyrrole nitrogens is 1. The summed E-state index contributed by atoms with van der Waals surface area (Å²) in [7, 11) is 0. The summed E-state index contributed by atoms with van der Waals surface area (Å²) in [6.45, 7) is 5.34. The Morgan fingerprint density at radius 3 is 2.67 bits per heavy atom. The molecule has 0 unspecified atom stereocenters. The molecule has 0 spiro atoms. The SMILES string of the molecule is CCCOc1ccc(C=Nn2c(-c3cccc(OCC)c3)n[nH]c2=S)cc1. The summed E-state index contributed by atoms with van der Waals surface area (Å²) in [5.74, 6) is 2.25. The quantitative estimate of drug-likeness (QED) is 0.454. The molecule has 0 saturated carbocycles. The zero-order valence-corrected chi connectivity index (χ0v) is 16.2. The Hall–Kier alpha value is -2.93. The third-order valence-corrected chi connectivity index (χ3v) is 3.99. The molecule has 7 heteroatoms. The van der Waals surface area contributed by atoms with Gasteiger partial charge in [-0.25, -0.2) is 5.10 Å². The average Bonchev–Trinajstić information content (AvgIpc) is 3.06. The predicted octanol–water partition coefficient (Wildman–Crippen LogP) is 4.68. The number of aromatic nitrogens is 3. The van der Waals surface area contributed by atoms with Gasteiger partial charge in [0.25, 0.3) is 0 Å². The first-order chi connectivity index (χ1) is 13.2. The molecule has 0 radical (unpaired) electrons. The van der Waals surface area contributed by atoms with Crippen molar-refractivity contribution >= 4 is 18.4 Å². The molecule has 0 aliphatic carbocycles. The van der Waals surface area contributed by atoms with Crippen molar-refractivity contribution in [2.45, 2.75) is 20.3 Å². The van der Waals surface area contributed by atoms with Crippen LogP contribution in [-0.4, -0.2) is 34.3 Å². The Bertz CT molecular complexity index is 961. The standard InChI is InChI=1S/C20H22N4O2S/c1-3-12-26-17-10-8-15(9-11-17)14-21-24-19(22-23-20(24)27)16-6-5-7-18(13-16)25-4-2/h5-11,13-14H,3-4,12H2,1-2H3,(H,23,27). The van der Waals surface area contributed by atoms with E-state index in [0.29, 0.717) is 23.8 Å². The summed E-state index contributed by atoms with van der Waals surface area (Å²) in [6, 6.07) is 15.4. The van der Waals surface area contributed by atoms with E-state index in [1.54, 1.807) is 10.9 Å². The normalized spacial score (nSPS) is 11.0. The molecular formula is C20H22N4O2S. The van der Waals surface area contributed by atoms with Crippen LogP contribution in [0.3, 0.4) is 0 Å². The third kappa shape index (κ3) is 4.83. The van der Waals surface area contributed by atoms with Crippen molar-refractivity contribution in [2.75, 3.05) is 13.2 Å². The summed E-state index contributed by atoms with van der Waals surface area (Å²) in [5, 5.41) is 11.6. The van der Waals surface area contributed by atoms with E-state index in [1.807, 2.05) is 55.5 Å². The van der Waals surface area contributed by atoms with Crippen molar-refractivity contribution in [2.24, 2.45) is 5.10 Å². The number of nitrogens with zero attached hydrogens (tertiary/aromatic N) is 3. The molecule has 0 bridgehead atoms. The maximum Gasteiger partial charge on any atom is 0.216 e. The van der Waals surface area contributed by atoms with Gasteiger partial charge in [0.1, 0.15) is 11.5 Å². The van der Waals surface area contributed by atoms with Gasteiger partial charge in [0.05, 0.1) is 19.4 Å². The number of hydrogen-bond donors (Lipinski definition) is 1. The Labute approximate surface area is 163 Å². The van der Waals surface area contributed by atoms with Crippen LogP contribution in [0.4, 0.5) is 0 Å². The van der Waals surface area contributed by atoms with Gasteiger partial charge in [0.15, 0.2) is 5.82 Å². The smallest absolute Gasteiger partial charge is 0.216 e. The van der Waals surface area contributed by atoms with Crippen molar-refractivity contribution in [1.29, 1.82) is 0 Å². The minimum absolute atomic E-state index is 0.422. The number of aromatic amines is 1. The highest BCUT2D eigenvalue weighted by atomic mass is 32.1. The topological polar surface area (TPSA) is 64.4 Å². The van der Waals surface area contributed by atoms with Crippen molar-refractivity contribution in [3.05, 3.63) is 58.9 Å². The number of nitrogens with one attached hydrogen (secondary N) is 1. The van der Waals surface area contributed by atoms with Crippen LogP contribution in [-0.2, 0) is 0 Å². The fourth-order valence-electron chi connectivity index (χ4n) is 2.47. The highest BCUT2D eigenvalue weighted by Crippen LogP contribution is 2.22. The highest BCUT2D eigenvalue weighted by Gasteiger charge is 2.09. The molecule has 0 saturated heterocycles. The monoisotopic (exact) mass is 382 g/mol. The maximum atomic E-state index is 5.59. The highest BCUT2D eigenvalue weighted by molar-refractivity contribution is 7.71. The van der Waals surface area contributed by atoms with E-state index in [-0.39, 0.29) is 0 Å². The first-order valence-electron chi connectivity index (χ1n) is 8.89. The van der Waals surface area contributed by atoms with Crippen molar-refractivity contribution < 1.29 is 9.47 Å². The molecule has 140 valence electrons. The second kappa shape index (κ2) is 9.14. The van der Waals surface area contributed by atoms with Gasteiger partial charge in [-0.3, -0.25) is 0 Å². The fraction of sp³-hybridized carbons (Fsp3) is 0.250. The van der Waals surface area contributed by atoms with Crippen molar-refractivity contribution in [1.82, 2.24) is 14.9 Å². The Morgan fingerprint density at radius 1 is 1.11 bits per heavy atom. The minimum Gasteiger partial charge on any atom is -0.494 e. The second-order valence-electron chi connectivity index (χ2n) is 5.79. The van der Waals surface area contributed by atoms with Crippen LogP contribution in [0.15, 0.2) is 53.6 Å². The minimum atomic E-state index is 0.422. The first-order valence-corrected chi connectivity index (χ1v) is 9.30. The van der Waals surface area contributed by atoms with Crippen LogP contribution in [0, 0.1) is 4.77 Å². The second-order valence-corrected chi connectivity index (χ2v) is 6.17. The molecule has 0 fully saturated rings. The number of rotatable bonds is 8. The summed E-state index contributed by atoms with van der Waals surface area (Å²) < 4.78 is 13.2. The maximum absolute atomic E-state index is 5.59. The Kier molecular flexibility index (Phi) is 6.38. The lowest BCUT2D eigenvalue weighted by Crippen LogP contribution is -1.97. The van der Waals surface area contributed by atoms with Crippen molar-refractivity contribution in [3.8, 4) is 22.9 Å². The van der Waals surface area contributed by atoms with Gasteiger partial charge in [0, 0.05) is 5.56 Å². The number of hydrogen-bond acceptors (Lipinski definition) is 5. The van der Waals surface area contributed by atoms with Gasteiger partial charge in [-0.05, 0) is 67.5 Å². The average molecular weight is 382 g/mol. The zero-order valence-electron chi connectivity index (χ0n) is 15.4. The van der Waals surface area contributed by atoms with Crippen LogP contribution in [0.1, 0.15) is 25.8 Å². The van der Waals surface area contributed by atoms with E-state index in [9.17, 15) is 0 Å². The summed E-state index contributed by atoms with van der Waals surface area (Å²) >= 11 is 5.32. The molecule has 0 aliphatic heterocycles. The van der Waals surface area contributed by atoms with Crippen LogP contribution < -0.4 is 9.47 Å². The third-order valence-electron chi connectivity index (χ3n) is 3.73. The van der Waals surface area contributed by atoms with Crippen molar-refractivity contribution in [3.63, 3.8) is 0 Å². The molecule has 1 N–H and O–H groups in total. The van der Waals surface area contributed by atoms with Gasteiger partial charge < -0.3 is 9.47 Å². The largest absolute Gasteiger partial charge is 0.494 e. The molecular weight excluding hydrogens is 360 g/mol. The van der Waals surface area contributed by atoms with Gasteiger partial charge >= 0.3 is 0 Å². The molecule has 3 rings (SSSR count). The molecule has 0 amide bonds. The summed E-state index contributed by atoms with van der Waals surface area (Å²) in [5.41, 5.74) is 1.81. The van der Waals surface area contributed by atoms with Crippen LogP contribution in [0.2, 0.25) is 0 Å². The molecule has 1 heterocycles. The lowest BCUT2D eigenvalue weighted by Gasteiger charge is -2.06. The lowest BCUT2D eigenvalue weighted by atomic mass is 10.2. The molecule has 2 aromatic carbocycles. The van der Waals surface area contributed by atoms with Gasteiger partial charge in [-0.2, -0.15) is 14.9 Å². The lowest BCUT2D eigenvalue weighted by molar-refractivity contribution is 0.317. The van der Waals surface area contributed by atoms with E-state index in [2.05, 4.69) is 22.2 Å². The number of ether oxygens (including phenoxy) is 2. The Balaban J connectivity index is 1.83. The van der Waals surface area contributed by atoms with Gasteiger partial charge in [0.2, 0.25) is 4.77 Å². The van der Waals surface area contributed by atoms with E-state index >= 15 is 0 Å². The molecule has 6 nitrogen and oxygen atoms in total. The van der Waals surface area contributed by atoms with Gasteiger partial charge in [-0.1, -0.05) is 19.1 Å². The molecule has 1 aromatic heterocycles. The van der Waals surface area contributed by atoms with Gasteiger partial charge in [-0.15, -0.1) is 0 Å². The first kappa shape index (κ1) is 18.8.